The van der Waals surface area contributed by atoms with Crippen LogP contribution in [0.15, 0.2) is 23.5 Å². The standard InChI is InChI=1S/C10H9N5O/c1-2-15-9-6(4-14-15)8-7(3-11-9)10(16)13-5-12-8/h3-5H,2H2,1H3,(H,12,13,16). The van der Waals surface area contributed by atoms with E-state index in [1.54, 1.807) is 10.9 Å². The molecule has 3 heterocycles. The first kappa shape index (κ1) is 9.02. The number of nitrogens with one attached hydrogen (secondary N) is 1. The second-order valence-electron chi connectivity index (χ2n) is 3.45. The molecule has 0 atom stereocenters. The fourth-order valence-electron chi connectivity index (χ4n) is 1.80. The van der Waals surface area contributed by atoms with Crippen LogP contribution in [-0.2, 0) is 6.54 Å². The van der Waals surface area contributed by atoms with Crippen LogP contribution < -0.4 is 5.56 Å². The molecule has 0 aliphatic heterocycles. The molecule has 3 aromatic rings. The molecule has 1 N–H and O–H groups in total. The van der Waals surface area contributed by atoms with Crippen LogP contribution in [0.1, 0.15) is 6.92 Å². The van der Waals surface area contributed by atoms with E-state index < -0.39 is 0 Å². The Labute approximate surface area is 90.0 Å². The van der Waals surface area contributed by atoms with Crippen molar-refractivity contribution in [3.8, 4) is 0 Å². The summed E-state index contributed by atoms with van der Waals surface area (Å²) in [6.07, 6.45) is 4.65. The molecule has 6 nitrogen and oxygen atoms in total. The van der Waals surface area contributed by atoms with E-state index in [-0.39, 0.29) is 5.56 Å². The van der Waals surface area contributed by atoms with E-state index in [1.165, 1.54) is 12.5 Å². The molecule has 3 aromatic heterocycles. The van der Waals surface area contributed by atoms with E-state index in [0.717, 1.165) is 23.1 Å². The molecule has 0 saturated carbocycles. The molecule has 0 radical (unpaired) electrons. The van der Waals surface area contributed by atoms with Crippen molar-refractivity contribution in [2.45, 2.75) is 13.5 Å². The van der Waals surface area contributed by atoms with Crippen molar-refractivity contribution in [2.24, 2.45) is 0 Å². The van der Waals surface area contributed by atoms with Crippen molar-refractivity contribution in [2.75, 3.05) is 0 Å². The molecule has 6 heteroatoms. The molecular weight excluding hydrogens is 206 g/mol. The van der Waals surface area contributed by atoms with Crippen LogP contribution in [0.3, 0.4) is 0 Å². The summed E-state index contributed by atoms with van der Waals surface area (Å²) in [5, 5.41) is 5.54. The van der Waals surface area contributed by atoms with Gasteiger partial charge < -0.3 is 4.98 Å². The van der Waals surface area contributed by atoms with Gasteiger partial charge in [0.2, 0.25) is 0 Å². The molecule has 0 saturated heterocycles. The zero-order valence-electron chi connectivity index (χ0n) is 8.64. The summed E-state index contributed by atoms with van der Waals surface area (Å²) in [5.41, 5.74) is 1.24. The number of nitrogens with zero attached hydrogens (tertiary/aromatic N) is 4. The Morgan fingerprint density at radius 3 is 3.00 bits per heavy atom. The highest BCUT2D eigenvalue weighted by molar-refractivity contribution is 6.00. The van der Waals surface area contributed by atoms with Gasteiger partial charge >= 0.3 is 0 Å². The van der Waals surface area contributed by atoms with E-state index in [2.05, 4.69) is 20.1 Å². The summed E-state index contributed by atoms with van der Waals surface area (Å²) in [5.74, 6) is 0. The molecule has 0 aliphatic rings. The third kappa shape index (κ3) is 1.06. The van der Waals surface area contributed by atoms with E-state index in [4.69, 9.17) is 0 Å². The topological polar surface area (TPSA) is 76.5 Å². The maximum atomic E-state index is 11.5. The predicted octanol–water partition coefficient (Wildman–Crippen LogP) is 0.688. The third-order valence-electron chi connectivity index (χ3n) is 2.59. The fraction of sp³-hybridized carbons (Fsp3) is 0.200. The molecule has 0 spiro atoms. The lowest BCUT2D eigenvalue weighted by Crippen LogP contribution is -2.07. The van der Waals surface area contributed by atoms with Gasteiger partial charge in [-0.25, -0.2) is 9.67 Å². The molecule has 0 unspecified atom stereocenters. The number of H-pyrrole nitrogens is 1. The number of aromatic nitrogens is 5. The number of rotatable bonds is 1. The Hall–Kier alpha value is -2.24. The zero-order chi connectivity index (χ0) is 11.1. The number of hydrogen-bond donors (Lipinski definition) is 1. The highest BCUT2D eigenvalue weighted by Crippen LogP contribution is 2.18. The average Bonchev–Trinajstić information content (AvgIpc) is 2.72. The van der Waals surface area contributed by atoms with Gasteiger partial charge in [0.1, 0.15) is 0 Å². The largest absolute Gasteiger partial charge is 0.345 e. The van der Waals surface area contributed by atoms with Crippen molar-refractivity contribution in [3.63, 3.8) is 0 Å². The van der Waals surface area contributed by atoms with Gasteiger partial charge in [0, 0.05) is 12.7 Å². The lowest BCUT2D eigenvalue weighted by atomic mass is 10.2. The SMILES string of the molecule is CCn1ncc2c3[nH]cnc(=O)c3cnc21. The lowest BCUT2D eigenvalue weighted by molar-refractivity contribution is 0.677. The maximum absolute atomic E-state index is 11.5. The van der Waals surface area contributed by atoms with Gasteiger partial charge in [-0.2, -0.15) is 10.1 Å². The minimum atomic E-state index is -0.271. The average molecular weight is 215 g/mol. The van der Waals surface area contributed by atoms with Crippen LogP contribution in [0.5, 0.6) is 0 Å². The molecule has 0 bridgehead atoms. The Kier molecular flexibility index (Phi) is 1.76. The Morgan fingerprint density at radius 2 is 2.19 bits per heavy atom. The molecule has 0 amide bonds. The van der Waals surface area contributed by atoms with E-state index in [0.29, 0.717) is 5.39 Å². The first-order valence-corrected chi connectivity index (χ1v) is 4.99. The van der Waals surface area contributed by atoms with Crippen molar-refractivity contribution in [3.05, 3.63) is 29.1 Å². The van der Waals surface area contributed by atoms with Crippen molar-refractivity contribution >= 4 is 21.9 Å². The molecule has 3 rings (SSSR count). The number of pyridine rings is 1. The predicted molar refractivity (Wildman–Crippen MR) is 59.1 cm³/mol. The molecule has 0 aromatic carbocycles. The van der Waals surface area contributed by atoms with Gasteiger partial charge in [-0.3, -0.25) is 4.79 Å². The summed E-state index contributed by atoms with van der Waals surface area (Å²) < 4.78 is 1.79. The highest BCUT2D eigenvalue weighted by atomic mass is 16.1. The normalized spacial score (nSPS) is 11.3. The Bertz CT molecular complexity index is 727. The van der Waals surface area contributed by atoms with Crippen molar-refractivity contribution in [1.29, 1.82) is 0 Å². The number of aromatic amines is 1. The summed E-state index contributed by atoms with van der Waals surface area (Å²) in [6, 6.07) is 0. The summed E-state index contributed by atoms with van der Waals surface area (Å²) in [4.78, 5) is 22.4. The van der Waals surface area contributed by atoms with Gasteiger partial charge in [0.15, 0.2) is 5.65 Å². The first-order valence-electron chi connectivity index (χ1n) is 4.99. The molecular formula is C10H9N5O. The Morgan fingerprint density at radius 1 is 1.31 bits per heavy atom. The second-order valence-corrected chi connectivity index (χ2v) is 3.45. The van der Waals surface area contributed by atoms with Crippen LogP contribution >= 0.6 is 0 Å². The molecule has 0 fully saturated rings. The molecule has 16 heavy (non-hydrogen) atoms. The number of fused-ring (bicyclic) bond motifs is 3. The first-order chi connectivity index (χ1) is 7.81. The van der Waals surface area contributed by atoms with Crippen LogP contribution in [-0.4, -0.2) is 24.7 Å². The number of aryl methyl sites for hydroxylation is 1. The fourth-order valence-corrected chi connectivity index (χ4v) is 1.80. The van der Waals surface area contributed by atoms with E-state index in [9.17, 15) is 4.79 Å². The smallest absolute Gasteiger partial charge is 0.282 e. The van der Waals surface area contributed by atoms with Crippen LogP contribution in [0.4, 0.5) is 0 Å². The maximum Gasteiger partial charge on any atom is 0.282 e. The summed E-state index contributed by atoms with van der Waals surface area (Å²) in [7, 11) is 0. The van der Waals surface area contributed by atoms with Gasteiger partial charge in [-0.1, -0.05) is 0 Å². The minimum absolute atomic E-state index is 0.271. The minimum Gasteiger partial charge on any atom is -0.345 e. The quantitative estimate of drug-likeness (QED) is 0.647. The van der Waals surface area contributed by atoms with Gasteiger partial charge in [-0.05, 0) is 6.92 Å². The lowest BCUT2D eigenvalue weighted by Gasteiger charge is -1.99. The summed E-state index contributed by atoms with van der Waals surface area (Å²) in [6.45, 7) is 2.74. The van der Waals surface area contributed by atoms with Crippen LogP contribution in [0, 0.1) is 0 Å². The third-order valence-corrected chi connectivity index (χ3v) is 2.59. The zero-order valence-corrected chi connectivity index (χ0v) is 8.64. The van der Waals surface area contributed by atoms with Crippen LogP contribution in [0.25, 0.3) is 21.9 Å². The highest BCUT2D eigenvalue weighted by Gasteiger charge is 2.08. The van der Waals surface area contributed by atoms with Crippen molar-refractivity contribution < 1.29 is 0 Å². The Balaban J connectivity index is 2.56. The van der Waals surface area contributed by atoms with Gasteiger partial charge in [0.25, 0.3) is 5.56 Å². The van der Waals surface area contributed by atoms with E-state index >= 15 is 0 Å². The molecule has 0 aliphatic carbocycles. The van der Waals surface area contributed by atoms with Crippen molar-refractivity contribution in [1.82, 2.24) is 24.7 Å². The van der Waals surface area contributed by atoms with Gasteiger partial charge in [-0.15, -0.1) is 0 Å². The second kappa shape index (κ2) is 3.13. The number of hydrogen-bond acceptors (Lipinski definition) is 4. The molecule has 80 valence electrons. The van der Waals surface area contributed by atoms with Crippen LogP contribution in [0.2, 0.25) is 0 Å². The van der Waals surface area contributed by atoms with Gasteiger partial charge in [0.05, 0.1) is 28.8 Å². The monoisotopic (exact) mass is 215 g/mol. The summed E-state index contributed by atoms with van der Waals surface area (Å²) >= 11 is 0. The van der Waals surface area contributed by atoms with E-state index in [1.807, 2.05) is 6.92 Å².